The van der Waals surface area contributed by atoms with Crippen molar-refractivity contribution in [2.75, 3.05) is 7.11 Å². The van der Waals surface area contributed by atoms with E-state index >= 15 is 0 Å². The van der Waals surface area contributed by atoms with Crippen LogP contribution in [0.15, 0.2) is 12.1 Å². The molecule has 5 heteroatoms. The molecule has 1 aromatic rings. The Labute approximate surface area is 97.4 Å². The lowest BCUT2D eigenvalue weighted by molar-refractivity contribution is -0.138. The van der Waals surface area contributed by atoms with Gasteiger partial charge in [-0.1, -0.05) is 6.92 Å². The van der Waals surface area contributed by atoms with Crippen LogP contribution in [0.2, 0.25) is 0 Å². The highest BCUT2D eigenvalue weighted by molar-refractivity contribution is 5.96. The van der Waals surface area contributed by atoms with Crippen LogP contribution in [0.1, 0.15) is 35.3 Å². The molecule has 17 heavy (non-hydrogen) atoms. The van der Waals surface area contributed by atoms with Gasteiger partial charge in [0.15, 0.2) is 5.78 Å². The van der Waals surface area contributed by atoms with E-state index in [-0.39, 0.29) is 11.3 Å². The molecule has 94 valence electrons. The minimum absolute atomic E-state index is 0.157. The highest BCUT2D eigenvalue weighted by atomic mass is 19.4. The molecule has 0 amide bonds. The molecule has 1 rings (SSSR count). The molecule has 0 saturated heterocycles. The number of hydrogen-bond acceptors (Lipinski definition) is 2. The summed E-state index contributed by atoms with van der Waals surface area (Å²) < 4.78 is 43.2. The number of hydrogen-bond donors (Lipinski definition) is 0. The first-order valence-electron chi connectivity index (χ1n) is 5.10. The fourth-order valence-corrected chi connectivity index (χ4v) is 1.62. The van der Waals surface area contributed by atoms with Gasteiger partial charge in [-0.15, -0.1) is 0 Å². The summed E-state index contributed by atoms with van der Waals surface area (Å²) >= 11 is 0. The van der Waals surface area contributed by atoms with Crippen LogP contribution in [0.25, 0.3) is 0 Å². The number of aryl methyl sites for hydroxylation is 1. The van der Waals surface area contributed by atoms with E-state index in [0.29, 0.717) is 12.0 Å². The minimum Gasteiger partial charge on any atom is -0.496 e. The molecule has 0 N–H and O–H groups in total. The van der Waals surface area contributed by atoms with E-state index in [2.05, 4.69) is 0 Å². The van der Waals surface area contributed by atoms with Gasteiger partial charge in [0.25, 0.3) is 0 Å². The molecule has 0 spiro atoms. The lowest BCUT2D eigenvalue weighted by Gasteiger charge is -2.15. The Morgan fingerprint density at radius 2 is 1.94 bits per heavy atom. The summed E-state index contributed by atoms with van der Waals surface area (Å²) in [4.78, 5) is 11.2. The van der Waals surface area contributed by atoms with Gasteiger partial charge in [-0.2, -0.15) is 13.2 Å². The lowest BCUT2D eigenvalue weighted by Crippen LogP contribution is -2.13. The molecule has 0 aromatic heterocycles. The number of ether oxygens (including phenoxy) is 1. The molecule has 2 nitrogen and oxygen atoms in total. The second kappa shape index (κ2) is 4.77. The number of rotatable bonds is 3. The minimum atomic E-state index is -4.56. The van der Waals surface area contributed by atoms with Crippen LogP contribution < -0.4 is 4.74 Å². The zero-order valence-electron chi connectivity index (χ0n) is 9.81. The fourth-order valence-electron chi connectivity index (χ4n) is 1.62. The number of alkyl halides is 3. The Morgan fingerprint density at radius 1 is 1.35 bits per heavy atom. The third kappa shape index (κ3) is 2.78. The van der Waals surface area contributed by atoms with E-state index in [1.54, 1.807) is 6.92 Å². The maximum atomic E-state index is 12.8. The summed E-state index contributed by atoms with van der Waals surface area (Å²) in [7, 11) is 1.31. The zero-order chi connectivity index (χ0) is 13.2. The lowest BCUT2D eigenvalue weighted by atomic mass is 9.98. The molecule has 0 atom stereocenters. The predicted octanol–water partition coefficient (Wildman–Crippen LogP) is 3.48. The summed E-state index contributed by atoms with van der Waals surface area (Å²) in [5.41, 5.74) is -0.667. The van der Waals surface area contributed by atoms with Crippen molar-refractivity contribution in [1.82, 2.24) is 0 Å². The highest BCUT2D eigenvalue weighted by Gasteiger charge is 2.35. The molecule has 0 bridgehead atoms. The first-order valence-corrected chi connectivity index (χ1v) is 5.10. The first kappa shape index (κ1) is 13.5. The number of carbonyl (C=O) groups is 1. The molecular weight excluding hydrogens is 233 g/mol. The van der Waals surface area contributed by atoms with E-state index < -0.39 is 17.5 Å². The van der Waals surface area contributed by atoms with Gasteiger partial charge in [0.2, 0.25) is 0 Å². The summed E-state index contributed by atoms with van der Waals surface area (Å²) in [6.07, 6.45) is -4.05. The van der Waals surface area contributed by atoms with Crippen molar-refractivity contribution in [2.24, 2.45) is 0 Å². The fraction of sp³-hybridized carbons (Fsp3) is 0.417. The third-order valence-corrected chi connectivity index (χ3v) is 2.49. The average Bonchev–Trinajstić information content (AvgIpc) is 2.25. The van der Waals surface area contributed by atoms with E-state index in [1.807, 2.05) is 0 Å². The van der Waals surface area contributed by atoms with Crippen molar-refractivity contribution in [2.45, 2.75) is 26.4 Å². The standard InChI is InChI=1S/C12H13F3O2/c1-4-8-5-9(7(2)16)10(12(13,14)15)6-11(8)17-3/h5-6H,4H2,1-3H3. The Bertz CT molecular complexity index is 436. The van der Waals surface area contributed by atoms with Crippen LogP contribution >= 0.6 is 0 Å². The molecule has 0 aliphatic heterocycles. The SMILES string of the molecule is CCc1cc(C(C)=O)c(C(F)(F)F)cc1OC. The maximum Gasteiger partial charge on any atom is 0.417 e. The van der Waals surface area contributed by atoms with Crippen LogP contribution in [0, 0.1) is 0 Å². The second-order valence-electron chi connectivity index (χ2n) is 3.62. The van der Waals surface area contributed by atoms with Gasteiger partial charge in [-0.3, -0.25) is 4.79 Å². The molecule has 0 aliphatic rings. The smallest absolute Gasteiger partial charge is 0.417 e. The van der Waals surface area contributed by atoms with Gasteiger partial charge in [0, 0.05) is 5.56 Å². The van der Waals surface area contributed by atoms with Crippen LogP contribution in [-0.2, 0) is 12.6 Å². The number of halogens is 3. The summed E-state index contributed by atoms with van der Waals surface area (Å²) in [5.74, 6) is -0.445. The molecule has 0 radical (unpaired) electrons. The molecule has 0 saturated carbocycles. The van der Waals surface area contributed by atoms with Crippen molar-refractivity contribution < 1.29 is 22.7 Å². The molecule has 0 heterocycles. The van der Waals surface area contributed by atoms with Gasteiger partial charge in [0.05, 0.1) is 12.7 Å². The van der Waals surface area contributed by atoms with Gasteiger partial charge < -0.3 is 4.74 Å². The second-order valence-corrected chi connectivity index (χ2v) is 3.62. The molecular formula is C12H13F3O2. The molecule has 1 aromatic carbocycles. The van der Waals surface area contributed by atoms with Gasteiger partial charge >= 0.3 is 6.18 Å². The molecule has 0 aliphatic carbocycles. The van der Waals surface area contributed by atoms with Crippen LogP contribution in [0.3, 0.4) is 0 Å². The average molecular weight is 246 g/mol. The normalized spacial score (nSPS) is 11.4. The number of Topliss-reactive ketones (excluding diaryl/α,β-unsaturated/α-hetero) is 1. The Balaban J connectivity index is 3.52. The number of methoxy groups -OCH3 is 1. The summed E-state index contributed by atoms with van der Waals surface area (Å²) in [6.45, 7) is 2.91. The van der Waals surface area contributed by atoms with Crippen LogP contribution in [0.4, 0.5) is 13.2 Å². The van der Waals surface area contributed by atoms with Gasteiger partial charge in [-0.25, -0.2) is 0 Å². The highest BCUT2D eigenvalue weighted by Crippen LogP contribution is 2.36. The number of carbonyl (C=O) groups excluding carboxylic acids is 1. The predicted molar refractivity (Wildman–Crippen MR) is 57.4 cm³/mol. The quantitative estimate of drug-likeness (QED) is 0.763. The monoisotopic (exact) mass is 246 g/mol. The van der Waals surface area contributed by atoms with Crippen molar-refractivity contribution in [3.05, 3.63) is 28.8 Å². The number of ketones is 1. The largest absolute Gasteiger partial charge is 0.496 e. The maximum absolute atomic E-state index is 12.8. The van der Waals surface area contributed by atoms with Crippen molar-refractivity contribution >= 4 is 5.78 Å². The first-order chi connectivity index (χ1) is 7.81. The zero-order valence-corrected chi connectivity index (χ0v) is 9.81. The third-order valence-electron chi connectivity index (χ3n) is 2.49. The van der Waals surface area contributed by atoms with E-state index in [1.165, 1.54) is 13.2 Å². The summed E-state index contributed by atoms with van der Waals surface area (Å²) in [5, 5.41) is 0. The Morgan fingerprint density at radius 3 is 2.29 bits per heavy atom. The van der Waals surface area contributed by atoms with E-state index in [0.717, 1.165) is 13.0 Å². The van der Waals surface area contributed by atoms with Gasteiger partial charge in [-0.05, 0) is 31.0 Å². The van der Waals surface area contributed by atoms with Gasteiger partial charge in [0.1, 0.15) is 5.75 Å². The molecule has 0 fully saturated rings. The van der Waals surface area contributed by atoms with Crippen LogP contribution in [-0.4, -0.2) is 12.9 Å². The number of benzene rings is 1. The Hall–Kier alpha value is -1.52. The topological polar surface area (TPSA) is 26.3 Å². The van der Waals surface area contributed by atoms with Crippen molar-refractivity contribution in [3.8, 4) is 5.75 Å². The summed E-state index contributed by atoms with van der Waals surface area (Å²) in [6, 6.07) is 2.14. The van der Waals surface area contributed by atoms with E-state index in [4.69, 9.17) is 4.74 Å². The van der Waals surface area contributed by atoms with E-state index in [9.17, 15) is 18.0 Å². The molecule has 0 unspecified atom stereocenters. The Kier molecular flexibility index (Phi) is 3.80. The van der Waals surface area contributed by atoms with Crippen molar-refractivity contribution in [1.29, 1.82) is 0 Å². The van der Waals surface area contributed by atoms with Crippen LogP contribution in [0.5, 0.6) is 5.75 Å². The van der Waals surface area contributed by atoms with Crippen molar-refractivity contribution in [3.63, 3.8) is 0 Å².